The highest BCUT2D eigenvalue weighted by Crippen LogP contribution is 2.20. The Bertz CT molecular complexity index is 586. The number of hydrogen-bond acceptors (Lipinski definition) is 7. The SMILES string of the molecule is CCOC(=O)[C@H]1OS(=O)O[C@@H]1C(=O)N[C@@H](CC(C)C)C(=O)N(C(C)C)C(C)C. The van der Waals surface area contributed by atoms with Gasteiger partial charge >= 0.3 is 17.3 Å². The average molecular weight is 421 g/mol. The number of amides is 2. The molecular weight excluding hydrogens is 388 g/mol. The van der Waals surface area contributed by atoms with Gasteiger partial charge in [0.15, 0.2) is 6.10 Å². The third-order valence-corrected chi connectivity index (χ3v) is 4.83. The number of carbonyl (C=O) groups excluding carboxylic acids is 3. The Morgan fingerprint density at radius 1 is 1.04 bits per heavy atom. The predicted octanol–water partition coefficient (Wildman–Crippen LogP) is 1.09. The Morgan fingerprint density at radius 2 is 1.57 bits per heavy atom. The molecule has 0 aliphatic carbocycles. The molecule has 0 aromatic heterocycles. The molecule has 4 atom stereocenters. The van der Waals surface area contributed by atoms with E-state index in [0.717, 1.165) is 0 Å². The van der Waals surface area contributed by atoms with Crippen molar-refractivity contribution < 1.29 is 31.7 Å². The lowest BCUT2D eigenvalue weighted by Crippen LogP contribution is -2.56. The molecular formula is C18H32N2O7S. The standard InChI is InChI=1S/C18H32N2O7S/c1-8-25-18(23)15-14(26-28(24)27-15)16(21)19-13(9-10(2)3)17(22)20(11(4)5)12(6)7/h10-15H,8-9H2,1-7H3,(H,19,21)/t13-,14-,15-,28?/m0/s1. The Labute approximate surface area is 169 Å². The summed E-state index contributed by atoms with van der Waals surface area (Å²) in [6.45, 7) is 13.2. The molecule has 1 aliphatic rings. The lowest BCUT2D eigenvalue weighted by Gasteiger charge is -2.35. The van der Waals surface area contributed by atoms with Crippen molar-refractivity contribution in [2.75, 3.05) is 6.61 Å². The van der Waals surface area contributed by atoms with Crippen LogP contribution in [0.15, 0.2) is 0 Å². The largest absolute Gasteiger partial charge is 0.464 e. The molecule has 1 heterocycles. The normalized spacial score (nSPS) is 23.1. The monoisotopic (exact) mass is 420 g/mol. The first-order valence-electron chi connectivity index (χ1n) is 9.54. The Morgan fingerprint density at radius 3 is 2.04 bits per heavy atom. The first-order valence-corrected chi connectivity index (χ1v) is 10.5. The van der Waals surface area contributed by atoms with Crippen molar-refractivity contribution in [3.05, 3.63) is 0 Å². The van der Waals surface area contributed by atoms with Gasteiger partial charge in [0, 0.05) is 12.1 Å². The zero-order valence-electron chi connectivity index (χ0n) is 17.6. The number of ether oxygens (including phenoxy) is 1. The maximum Gasteiger partial charge on any atom is 0.340 e. The van der Waals surface area contributed by atoms with Gasteiger partial charge in [0.05, 0.1) is 6.61 Å². The molecule has 162 valence electrons. The van der Waals surface area contributed by atoms with Gasteiger partial charge in [0.25, 0.3) is 5.91 Å². The predicted molar refractivity (Wildman–Crippen MR) is 103 cm³/mol. The molecule has 1 unspecified atom stereocenters. The number of esters is 1. The average Bonchev–Trinajstić information content (AvgIpc) is 2.95. The van der Waals surface area contributed by atoms with E-state index in [4.69, 9.17) is 13.1 Å². The molecule has 1 N–H and O–H groups in total. The first kappa shape index (κ1) is 24.5. The van der Waals surface area contributed by atoms with E-state index in [0.29, 0.717) is 6.42 Å². The molecule has 0 radical (unpaired) electrons. The zero-order chi connectivity index (χ0) is 21.6. The van der Waals surface area contributed by atoms with Crippen molar-refractivity contribution in [2.45, 2.75) is 85.2 Å². The third kappa shape index (κ3) is 6.52. The Kier molecular flexibility index (Phi) is 9.52. The number of rotatable bonds is 9. The van der Waals surface area contributed by atoms with Crippen LogP contribution in [0.1, 0.15) is 54.9 Å². The van der Waals surface area contributed by atoms with Crippen LogP contribution in [0, 0.1) is 5.92 Å². The van der Waals surface area contributed by atoms with E-state index in [2.05, 4.69) is 5.32 Å². The van der Waals surface area contributed by atoms with E-state index in [1.54, 1.807) is 11.8 Å². The number of hydrogen-bond donors (Lipinski definition) is 1. The van der Waals surface area contributed by atoms with E-state index in [1.807, 2.05) is 41.5 Å². The molecule has 1 rings (SSSR count). The Hall–Kier alpha value is -1.52. The number of nitrogens with zero attached hydrogens (tertiary/aromatic N) is 1. The minimum atomic E-state index is -2.24. The quantitative estimate of drug-likeness (QED) is 0.556. The molecule has 0 spiro atoms. The van der Waals surface area contributed by atoms with E-state index in [-0.39, 0.29) is 30.5 Å². The topological polar surface area (TPSA) is 111 Å². The maximum atomic E-state index is 13.1. The van der Waals surface area contributed by atoms with Gasteiger partial charge < -0.3 is 15.0 Å². The highest BCUT2D eigenvalue weighted by Gasteiger charge is 2.47. The van der Waals surface area contributed by atoms with Gasteiger partial charge in [-0.25, -0.2) is 8.98 Å². The first-order chi connectivity index (χ1) is 13.0. The second-order valence-electron chi connectivity index (χ2n) is 7.61. The van der Waals surface area contributed by atoms with Crippen molar-refractivity contribution in [1.82, 2.24) is 10.2 Å². The Balaban J connectivity index is 3.01. The molecule has 0 aromatic carbocycles. The molecule has 9 nitrogen and oxygen atoms in total. The molecule has 0 aromatic rings. The lowest BCUT2D eigenvalue weighted by molar-refractivity contribution is -0.155. The van der Waals surface area contributed by atoms with Crippen LogP contribution in [0.25, 0.3) is 0 Å². The fourth-order valence-corrected chi connectivity index (χ4v) is 3.85. The van der Waals surface area contributed by atoms with Crippen molar-refractivity contribution in [3.8, 4) is 0 Å². The number of carbonyl (C=O) groups is 3. The second kappa shape index (κ2) is 10.9. The summed E-state index contributed by atoms with van der Waals surface area (Å²) < 4.78 is 26.2. The van der Waals surface area contributed by atoms with Crippen molar-refractivity contribution in [1.29, 1.82) is 0 Å². The van der Waals surface area contributed by atoms with E-state index < -0.39 is 41.5 Å². The highest BCUT2D eigenvalue weighted by molar-refractivity contribution is 7.75. The smallest absolute Gasteiger partial charge is 0.340 e. The minimum Gasteiger partial charge on any atom is -0.464 e. The van der Waals surface area contributed by atoms with Crippen LogP contribution in [-0.2, 0) is 38.8 Å². The lowest BCUT2D eigenvalue weighted by atomic mass is 10.0. The molecule has 1 fully saturated rings. The van der Waals surface area contributed by atoms with E-state index in [1.165, 1.54) is 0 Å². The van der Waals surface area contributed by atoms with Gasteiger partial charge in [-0.1, -0.05) is 13.8 Å². The van der Waals surface area contributed by atoms with E-state index in [9.17, 15) is 18.6 Å². The highest BCUT2D eigenvalue weighted by atomic mass is 32.2. The van der Waals surface area contributed by atoms with Crippen molar-refractivity contribution >= 4 is 29.1 Å². The van der Waals surface area contributed by atoms with E-state index >= 15 is 0 Å². The fourth-order valence-electron chi connectivity index (χ4n) is 3.09. The van der Waals surface area contributed by atoms with Crippen LogP contribution in [0.5, 0.6) is 0 Å². The summed E-state index contributed by atoms with van der Waals surface area (Å²) in [5.74, 6) is -1.67. The summed E-state index contributed by atoms with van der Waals surface area (Å²) >= 11 is -2.24. The van der Waals surface area contributed by atoms with Crippen LogP contribution in [-0.4, -0.2) is 63.8 Å². The summed E-state index contributed by atoms with van der Waals surface area (Å²) in [6, 6.07) is -0.910. The molecule has 0 saturated carbocycles. The van der Waals surface area contributed by atoms with Crippen molar-refractivity contribution in [2.24, 2.45) is 5.92 Å². The van der Waals surface area contributed by atoms with Crippen LogP contribution in [0.4, 0.5) is 0 Å². The van der Waals surface area contributed by atoms with Crippen LogP contribution >= 0.6 is 0 Å². The summed E-state index contributed by atoms with van der Waals surface area (Å²) in [4.78, 5) is 39.5. The van der Waals surface area contributed by atoms with Crippen LogP contribution in [0.2, 0.25) is 0 Å². The summed E-state index contributed by atoms with van der Waals surface area (Å²) in [7, 11) is 0. The van der Waals surface area contributed by atoms with Crippen LogP contribution < -0.4 is 5.32 Å². The molecule has 10 heteroatoms. The molecule has 1 aliphatic heterocycles. The van der Waals surface area contributed by atoms with Crippen molar-refractivity contribution in [3.63, 3.8) is 0 Å². The third-order valence-electron chi connectivity index (χ3n) is 4.11. The molecule has 28 heavy (non-hydrogen) atoms. The molecule has 2 amide bonds. The van der Waals surface area contributed by atoms with Gasteiger partial charge in [-0.15, -0.1) is 0 Å². The minimum absolute atomic E-state index is 0.0510. The molecule has 1 saturated heterocycles. The summed E-state index contributed by atoms with van der Waals surface area (Å²) in [5, 5.41) is 2.65. The van der Waals surface area contributed by atoms with Crippen LogP contribution in [0.3, 0.4) is 0 Å². The second-order valence-corrected chi connectivity index (χ2v) is 8.41. The zero-order valence-corrected chi connectivity index (χ0v) is 18.4. The number of nitrogens with one attached hydrogen (secondary N) is 1. The molecule has 0 bridgehead atoms. The summed E-state index contributed by atoms with van der Waals surface area (Å²) in [5.41, 5.74) is 0. The van der Waals surface area contributed by atoms with Gasteiger partial charge in [0.1, 0.15) is 6.04 Å². The fraction of sp³-hybridized carbons (Fsp3) is 0.833. The van der Waals surface area contributed by atoms with Gasteiger partial charge in [-0.2, -0.15) is 4.21 Å². The maximum absolute atomic E-state index is 13.1. The van der Waals surface area contributed by atoms with Gasteiger partial charge in [-0.3, -0.25) is 13.8 Å². The van der Waals surface area contributed by atoms with Gasteiger partial charge in [0.2, 0.25) is 12.0 Å². The summed E-state index contributed by atoms with van der Waals surface area (Å²) in [6.07, 6.45) is -2.49. The van der Waals surface area contributed by atoms with Gasteiger partial charge in [-0.05, 0) is 47.0 Å².